The van der Waals surface area contributed by atoms with Crippen LogP contribution < -0.4 is 5.69 Å². The highest BCUT2D eigenvalue weighted by Gasteiger charge is 2.09. The topological polar surface area (TPSA) is 63.6 Å². The summed E-state index contributed by atoms with van der Waals surface area (Å²) >= 11 is 5.63. The van der Waals surface area contributed by atoms with Crippen LogP contribution in [-0.4, -0.2) is 19.5 Å². The van der Waals surface area contributed by atoms with Gasteiger partial charge in [-0.2, -0.15) is 4.98 Å². The summed E-state index contributed by atoms with van der Waals surface area (Å²) < 4.78 is 1.46. The van der Waals surface area contributed by atoms with E-state index < -0.39 is 0 Å². The Morgan fingerprint density at radius 2 is 1.71 bits per heavy atom. The number of halogens is 1. The SMILES string of the molecule is CC.CC.Cc1nc(Cl)nc2[nH]c(=O)n(C)c12. The molecule has 0 aliphatic rings. The van der Waals surface area contributed by atoms with Crippen molar-refractivity contribution in [3.63, 3.8) is 0 Å². The van der Waals surface area contributed by atoms with Crippen LogP contribution in [0, 0.1) is 6.92 Å². The first-order valence-electron chi connectivity index (χ1n) is 5.68. The number of rotatable bonds is 0. The van der Waals surface area contributed by atoms with Gasteiger partial charge in [0.2, 0.25) is 5.28 Å². The molecule has 0 amide bonds. The van der Waals surface area contributed by atoms with E-state index >= 15 is 0 Å². The fraction of sp³-hybridized carbons (Fsp3) is 0.545. The third-order valence-corrected chi connectivity index (χ3v) is 2.07. The Hall–Kier alpha value is -1.36. The zero-order chi connectivity index (χ0) is 13.6. The second-order valence-corrected chi connectivity index (χ2v) is 3.10. The van der Waals surface area contributed by atoms with E-state index in [-0.39, 0.29) is 11.0 Å². The van der Waals surface area contributed by atoms with E-state index in [1.54, 1.807) is 14.0 Å². The van der Waals surface area contributed by atoms with Gasteiger partial charge >= 0.3 is 5.69 Å². The molecule has 0 aliphatic heterocycles. The normalized spacial score (nSPS) is 9.12. The second kappa shape index (κ2) is 7.06. The molecule has 0 unspecified atom stereocenters. The van der Waals surface area contributed by atoms with Gasteiger partial charge < -0.3 is 0 Å². The van der Waals surface area contributed by atoms with Gasteiger partial charge in [0.15, 0.2) is 5.65 Å². The van der Waals surface area contributed by atoms with E-state index in [0.717, 1.165) is 0 Å². The molecule has 2 rings (SSSR count). The molecular weight excluding hydrogens is 240 g/mol. The number of nitrogens with one attached hydrogen (secondary N) is 1. The van der Waals surface area contributed by atoms with Crippen molar-refractivity contribution in [2.75, 3.05) is 0 Å². The summed E-state index contributed by atoms with van der Waals surface area (Å²) in [6, 6.07) is 0. The zero-order valence-corrected chi connectivity index (χ0v) is 11.9. The van der Waals surface area contributed by atoms with Gasteiger partial charge in [-0.25, -0.2) is 9.78 Å². The quantitative estimate of drug-likeness (QED) is 0.739. The summed E-state index contributed by atoms with van der Waals surface area (Å²) in [7, 11) is 1.66. The summed E-state index contributed by atoms with van der Waals surface area (Å²) in [5.41, 5.74) is 1.64. The van der Waals surface area contributed by atoms with Gasteiger partial charge in [-0.1, -0.05) is 27.7 Å². The highest BCUT2D eigenvalue weighted by Crippen LogP contribution is 2.12. The highest BCUT2D eigenvalue weighted by atomic mass is 35.5. The van der Waals surface area contributed by atoms with Crippen molar-refractivity contribution in [2.24, 2.45) is 7.05 Å². The average Bonchev–Trinajstić information content (AvgIpc) is 2.60. The van der Waals surface area contributed by atoms with Gasteiger partial charge in [-0.15, -0.1) is 0 Å². The average molecular weight is 259 g/mol. The zero-order valence-electron chi connectivity index (χ0n) is 11.1. The third kappa shape index (κ3) is 3.30. The number of aromatic nitrogens is 4. The first kappa shape index (κ1) is 15.6. The lowest BCUT2D eigenvalue weighted by Gasteiger charge is -1.97. The summed E-state index contributed by atoms with van der Waals surface area (Å²) in [5, 5.41) is 0.145. The van der Waals surface area contributed by atoms with Gasteiger partial charge in [0.25, 0.3) is 0 Å². The minimum Gasteiger partial charge on any atom is -0.292 e. The van der Waals surface area contributed by atoms with E-state index in [0.29, 0.717) is 16.9 Å². The molecule has 6 heteroatoms. The van der Waals surface area contributed by atoms with Crippen molar-refractivity contribution < 1.29 is 0 Å². The van der Waals surface area contributed by atoms with Crippen LogP contribution in [0.3, 0.4) is 0 Å². The predicted octanol–water partition coefficient (Wildman–Crippen LogP) is 2.67. The minimum atomic E-state index is -0.213. The number of hydrogen-bond acceptors (Lipinski definition) is 3. The number of hydrogen-bond donors (Lipinski definition) is 1. The van der Waals surface area contributed by atoms with Crippen molar-refractivity contribution in [3.8, 4) is 0 Å². The number of nitrogens with zero attached hydrogens (tertiary/aromatic N) is 3. The van der Waals surface area contributed by atoms with Crippen LogP contribution in [0.5, 0.6) is 0 Å². The van der Waals surface area contributed by atoms with E-state index in [1.165, 1.54) is 4.57 Å². The van der Waals surface area contributed by atoms with Crippen molar-refractivity contribution in [3.05, 3.63) is 21.5 Å². The molecule has 0 saturated carbocycles. The Labute approximate surface area is 106 Å². The molecule has 2 heterocycles. The van der Waals surface area contributed by atoms with Crippen molar-refractivity contribution >= 4 is 22.8 Å². The largest absolute Gasteiger partial charge is 0.327 e. The first-order chi connectivity index (χ1) is 8.09. The molecule has 1 N–H and O–H groups in total. The van der Waals surface area contributed by atoms with Crippen LogP contribution in [0.25, 0.3) is 11.2 Å². The van der Waals surface area contributed by atoms with Crippen molar-refractivity contribution in [1.29, 1.82) is 0 Å². The molecule has 0 fully saturated rings. The summed E-state index contributed by atoms with van der Waals surface area (Å²) in [4.78, 5) is 21.6. The van der Waals surface area contributed by atoms with Crippen molar-refractivity contribution in [2.45, 2.75) is 34.6 Å². The molecule has 96 valence electrons. The van der Waals surface area contributed by atoms with Crippen LogP contribution in [0.1, 0.15) is 33.4 Å². The number of H-pyrrole nitrogens is 1. The van der Waals surface area contributed by atoms with E-state index in [1.807, 2.05) is 27.7 Å². The number of imidazole rings is 1. The van der Waals surface area contributed by atoms with Crippen LogP contribution in [0.15, 0.2) is 4.79 Å². The van der Waals surface area contributed by atoms with Crippen LogP contribution in [-0.2, 0) is 7.05 Å². The molecule has 0 aliphatic carbocycles. The predicted molar refractivity (Wildman–Crippen MR) is 71.6 cm³/mol. The molecule has 5 nitrogen and oxygen atoms in total. The highest BCUT2D eigenvalue weighted by molar-refractivity contribution is 6.28. The maximum atomic E-state index is 11.2. The summed E-state index contributed by atoms with van der Waals surface area (Å²) in [5.74, 6) is 0. The molecule has 2 aromatic heterocycles. The smallest absolute Gasteiger partial charge is 0.292 e. The van der Waals surface area contributed by atoms with Gasteiger partial charge in [0.05, 0.1) is 5.69 Å². The standard InChI is InChI=1S/C7H7ClN4O.2C2H6/c1-3-4-5(10-6(8)9-3)11-7(13)12(4)2;2*1-2/h1-2H3,(H,9,10,11,13);2*1-2H3. The number of aryl methyl sites for hydroxylation is 2. The molecule has 17 heavy (non-hydrogen) atoms. The minimum absolute atomic E-state index is 0.145. The first-order valence-corrected chi connectivity index (χ1v) is 6.06. The molecule has 0 spiro atoms. The number of fused-ring (bicyclic) bond motifs is 1. The third-order valence-electron chi connectivity index (χ3n) is 1.90. The van der Waals surface area contributed by atoms with E-state index in [2.05, 4.69) is 15.0 Å². The van der Waals surface area contributed by atoms with Crippen LogP contribution in [0.2, 0.25) is 5.28 Å². The summed E-state index contributed by atoms with van der Waals surface area (Å²) in [6.07, 6.45) is 0. The molecule has 0 bridgehead atoms. The molecule has 0 aromatic carbocycles. The number of aromatic amines is 1. The van der Waals surface area contributed by atoms with Gasteiger partial charge in [0.1, 0.15) is 5.52 Å². The molecule has 0 saturated heterocycles. The molecule has 0 atom stereocenters. The molecule has 2 aromatic rings. The Bertz CT molecular complexity index is 530. The molecule has 0 radical (unpaired) electrons. The lowest BCUT2D eigenvalue weighted by atomic mass is 10.4. The molecular formula is C11H19ClN4O. The summed E-state index contributed by atoms with van der Waals surface area (Å²) in [6.45, 7) is 9.78. The fourth-order valence-corrected chi connectivity index (χ4v) is 1.52. The van der Waals surface area contributed by atoms with E-state index in [9.17, 15) is 4.79 Å². The monoisotopic (exact) mass is 258 g/mol. The maximum absolute atomic E-state index is 11.2. The second-order valence-electron chi connectivity index (χ2n) is 2.76. The Kier molecular flexibility index (Phi) is 6.50. The van der Waals surface area contributed by atoms with Gasteiger partial charge in [0, 0.05) is 7.05 Å². The maximum Gasteiger partial charge on any atom is 0.327 e. The Morgan fingerprint density at radius 3 is 2.24 bits per heavy atom. The van der Waals surface area contributed by atoms with Crippen LogP contribution in [0.4, 0.5) is 0 Å². The lowest BCUT2D eigenvalue weighted by Crippen LogP contribution is -2.12. The van der Waals surface area contributed by atoms with Crippen molar-refractivity contribution in [1.82, 2.24) is 19.5 Å². The Balaban J connectivity index is 0.000000581. The fourth-order valence-electron chi connectivity index (χ4n) is 1.31. The van der Waals surface area contributed by atoms with Crippen LogP contribution >= 0.6 is 11.6 Å². The van der Waals surface area contributed by atoms with E-state index in [4.69, 9.17) is 11.6 Å². The van der Waals surface area contributed by atoms with Gasteiger partial charge in [-0.05, 0) is 18.5 Å². The lowest BCUT2D eigenvalue weighted by molar-refractivity contribution is 0.885. The van der Waals surface area contributed by atoms with Gasteiger partial charge in [-0.3, -0.25) is 9.55 Å². The Morgan fingerprint density at radius 1 is 1.18 bits per heavy atom.